The summed E-state index contributed by atoms with van der Waals surface area (Å²) in [5.41, 5.74) is 0. The number of carbonyl (C=O) groups is 1. The van der Waals surface area contributed by atoms with Crippen LogP contribution in [0.1, 0.15) is 46.0 Å². The highest BCUT2D eigenvalue weighted by atomic mass is 16.1. The van der Waals surface area contributed by atoms with Crippen molar-refractivity contribution < 1.29 is 4.79 Å². The van der Waals surface area contributed by atoms with Crippen molar-refractivity contribution >= 4 is 5.78 Å². The Kier molecular flexibility index (Phi) is 3.10. The number of Topliss-reactive ketones (excluding diaryl/α,β-unsaturated/α-hetero) is 1. The van der Waals surface area contributed by atoms with Gasteiger partial charge in [-0.3, -0.25) is 4.79 Å². The molecule has 0 bridgehead atoms. The van der Waals surface area contributed by atoms with Crippen LogP contribution < -0.4 is 0 Å². The van der Waals surface area contributed by atoms with Crippen LogP contribution in [0.4, 0.5) is 0 Å². The molecule has 1 nitrogen and oxygen atoms in total. The van der Waals surface area contributed by atoms with Gasteiger partial charge >= 0.3 is 0 Å². The van der Waals surface area contributed by atoms with Crippen LogP contribution in [0, 0.1) is 11.8 Å². The minimum Gasteiger partial charge on any atom is -0.300 e. The lowest BCUT2D eigenvalue weighted by atomic mass is 9.76. The number of carbonyl (C=O) groups excluding carboxylic acids is 1. The van der Waals surface area contributed by atoms with Gasteiger partial charge in [-0.1, -0.05) is 26.7 Å². The molecule has 0 N–H and O–H groups in total. The summed E-state index contributed by atoms with van der Waals surface area (Å²) >= 11 is 0. The average molecular weight is 154 g/mol. The minimum absolute atomic E-state index is 0.488. The van der Waals surface area contributed by atoms with Crippen LogP contribution in [0.15, 0.2) is 0 Å². The number of hydrogen-bond acceptors (Lipinski definition) is 1. The van der Waals surface area contributed by atoms with Crippen molar-refractivity contribution in [1.29, 1.82) is 0 Å². The first kappa shape index (κ1) is 8.76. The van der Waals surface area contributed by atoms with Crippen LogP contribution in [0.5, 0.6) is 0 Å². The Morgan fingerprint density at radius 2 is 1.91 bits per heavy atom. The van der Waals surface area contributed by atoms with E-state index in [0.717, 1.165) is 25.2 Å². The highest BCUT2D eigenvalue weighted by molar-refractivity contribution is 5.79. The molecule has 2 atom stereocenters. The van der Waals surface area contributed by atoms with Gasteiger partial charge in [-0.25, -0.2) is 0 Å². The molecule has 1 aliphatic carbocycles. The van der Waals surface area contributed by atoms with E-state index in [1.807, 2.05) is 0 Å². The van der Waals surface area contributed by atoms with Crippen molar-refractivity contribution in [1.82, 2.24) is 0 Å². The van der Waals surface area contributed by atoms with Crippen LogP contribution in [-0.2, 0) is 4.79 Å². The quantitative estimate of drug-likeness (QED) is 0.597. The maximum Gasteiger partial charge on any atom is 0.133 e. The van der Waals surface area contributed by atoms with Gasteiger partial charge < -0.3 is 0 Å². The maximum absolute atomic E-state index is 11.1. The largest absolute Gasteiger partial charge is 0.300 e. The Bertz CT molecular complexity index is 140. The summed E-state index contributed by atoms with van der Waals surface area (Å²) in [6.07, 6.45) is 5.29. The van der Waals surface area contributed by atoms with E-state index < -0.39 is 0 Å². The van der Waals surface area contributed by atoms with Gasteiger partial charge in [0, 0.05) is 12.8 Å². The molecule has 0 aromatic rings. The molecule has 1 saturated carbocycles. The highest BCUT2D eigenvalue weighted by Crippen LogP contribution is 2.32. The first-order valence-electron chi connectivity index (χ1n) is 4.79. The third kappa shape index (κ3) is 2.05. The second-order valence-corrected chi connectivity index (χ2v) is 3.62. The van der Waals surface area contributed by atoms with E-state index in [0.29, 0.717) is 11.7 Å². The van der Waals surface area contributed by atoms with Gasteiger partial charge in [-0.15, -0.1) is 0 Å². The number of ketones is 1. The van der Waals surface area contributed by atoms with E-state index in [-0.39, 0.29) is 0 Å². The molecule has 0 radical (unpaired) electrons. The highest BCUT2D eigenvalue weighted by Gasteiger charge is 2.26. The second-order valence-electron chi connectivity index (χ2n) is 3.62. The molecule has 0 aromatic carbocycles. The lowest BCUT2D eigenvalue weighted by Gasteiger charge is -2.28. The predicted molar refractivity (Wildman–Crippen MR) is 46.4 cm³/mol. The molecule has 0 spiro atoms. The predicted octanol–water partition coefficient (Wildman–Crippen LogP) is 2.79. The maximum atomic E-state index is 11.1. The minimum atomic E-state index is 0.488. The van der Waals surface area contributed by atoms with Gasteiger partial charge in [0.05, 0.1) is 0 Å². The molecule has 0 unspecified atom stereocenters. The average Bonchev–Trinajstić information content (AvgIpc) is 2.04. The molecular formula is C10H18O. The number of rotatable bonds is 2. The van der Waals surface area contributed by atoms with Crippen molar-refractivity contribution in [2.24, 2.45) is 11.8 Å². The zero-order chi connectivity index (χ0) is 8.27. The van der Waals surface area contributed by atoms with E-state index in [9.17, 15) is 4.79 Å². The smallest absolute Gasteiger partial charge is 0.133 e. The summed E-state index contributed by atoms with van der Waals surface area (Å²) in [6, 6.07) is 0. The Morgan fingerprint density at radius 3 is 2.45 bits per heavy atom. The first-order chi connectivity index (χ1) is 5.27. The normalized spacial score (nSPS) is 32.4. The SMILES string of the molecule is CC[C@@H]1CC(=O)CC[C@@H]1CC. The topological polar surface area (TPSA) is 17.1 Å². The Labute approximate surface area is 69.2 Å². The molecule has 0 amide bonds. The fraction of sp³-hybridized carbons (Fsp3) is 0.900. The van der Waals surface area contributed by atoms with Crippen molar-refractivity contribution in [3.63, 3.8) is 0 Å². The first-order valence-corrected chi connectivity index (χ1v) is 4.79. The Balaban J connectivity index is 2.48. The van der Waals surface area contributed by atoms with E-state index >= 15 is 0 Å². The molecule has 1 heteroatoms. The molecule has 1 rings (SSSR count). The van der Waals surface area contributed by atoms with E-state index in [4.69, 9.17) is 0 Å². The van der Waals surface area contributed by atoms with E-state index in [1.165, 1.54) is 12.8 Å². The molecule has 1 fully saturated rings. The summed E-state index contributed by atoms with van der Waals surface area (Å²) in [6.45, 7) is 4.44. The fourth-order valence-electron chi connectivity index (χ4n) is 2.16. The second kappa shape index (κ2) is 3.89. The van der Waals surface area contributed by atoms with Crippen molar-refractivity contribution in [3.8, 4) is 0 Å². The third-order valence-electron chi connectivity index (χ3n) is 3.00. The van der Waals surface area contributed by atoms with Gasteiger partial charge in [0.15, 0.2) is 0 Å². The molecule has 11 heavy (non-hydrogen) atoms. The van der Waals surface area contributed by atoms with Crippen molar-refractivity contribution in [2.45, 2.75) is 46.0 Å². The molecule has 0 aromatic heterocycles. The van der Waals surface area contributed by atoms with Crippen LogP contribution >= 0.6 is 0 Å². The zero-order valence-corrected chi connectivity index (χ0v) is 7.60. The van der Waals surface area contributed by atoms with Gasteiger partial charge in [-0.05, 0) is 18.3 Å². The van der Waals surface area contributed by atoms with Crippen molar-refractivity contribution in [2.75, 3.05) is 0 Å². The van der Waals surface area contributed by atoms with E-state index in [2.05, 4.69) is 13.8 Å². The molecule has 0 saturated heterocycles. The summed E-state index contributed by atoms with van der Waals surface area (Å²) < 4.78 is 0. The Hall–Kier alpha value is -0.330. The van der Waals surface area contributed by atoms with E-state index in [1.54, 1.807) is 0 Å². The van der Waals surface area contributed by atoms with Crippen LogP contribution in [0.3, 0.4) is 0 Å². The van der Waals surface area contributed by atoms with Gasteiger partial charge in [0.25, 0.3) is 0 Å². The van der Waals surface area contributed by atoms with Crippen LogP contribution in [-0.4, -0.2) is 5.78 Å². The van der Waals surface area contributed by atoms with Gasteiger partial charge in [0.1, 0.15) is 5.78 Å². The lowest BCUT2D eigenvalue weighted by molar-refractivity contribution is -0.122. The summed E-state index contributed by atoms with van der Waals surface area (Å²) in [7, 11) is 0. The number of hydrogen-bond donors (Lipinski definition) is 0. The van der Waals surface area contributed by atoms with Crippen molar-refractivity contribution in [3.05, 3.63) is 0 Å². The summed E-state index contributed by atoms with van der Waals surface area (Å²) in [4.78, 5) is 11.1. The standard InChI is InChI=1S/C10H18O/c1-3-8-5-6-10(11)7-9(8)4-2/h8-9H,3-7H2,1-2H3/t8-,9+/m0/s1. The lowest BCUT2D eigenvalue weighted by Crippen LogP contribution is -2.23. The zero-order valence-electron chi connectivity index (χ0n) is 7.60. The fourth-order valence-corrected chi connectivity index (χ4v) is 2.16. The molecule has 0 heterocycles. The monoisotopic (exact) mass is 154 g/mol. The van der Waals surface area contributed by atoms with Crippen LogP contribution in [0.25, 0.3) is 0 Å². The van der Waals surface area contributed by atoms with Gasteiger partial charge in [0.2, 0.25) is 0 Å². The van der Waals surface area contributed by atoms with Crippen LogP contribution in [0.2, 0.25) is 0 Å². The third-order valence-corrected chi connectivity index (χ3v) is 3.00. The molecule has 0 aliphatic heterocycles. The summed E-state index contributed by atoms with van der Waals surface area (Å²) in [5, 5.41) is 0. The molecule has 64 valence electrons. The molecule has 1 aliphatic rings. The summed E-state index contributed by atoms with van der Waals surface area (Å²) in [5.74, 6) is 2.01. The van der Waals surface area contributed by atoms with Gasteiger partial charge in [-0.2, -0.15) is 0 Å². The Morgan fingerprint density at radius 1 is 1.27 bits per heavy atom. The molecular weight excluding hydrogens is 136 g/mol.